The van der Waals surface area contributed by atoms with Gasteiger partial charge in [0.05, 0.1) is 7.11 Å². The maximum atomic E-state index is 13.5. The molecule has 3 aromatic carbocycles. The first-order chi connectivity index (χ1) is 12.2. The fraction of sp³-hybridized carbons (Fsp3) is 0.143. The third kappa shape index (κ3) is 4.10. The molecule has 0 heterocycles. The van der Waals surface area contributed by atoms with Crippen LogP contribution in [0.5, 0.6) is 11.5 Å². The molecule has 0 aliphatic carbocycles. The molecule has 3 nitrogen and oxygen atoms in total. The van der Waals surface area contributed by atoms with Crippen LogP contribution in [0.15, 0.2) is 66.7 Å². The molecule has 0 spiro atoms. The molecule has 0 saturated heterocycles. The van der Waals surface area contributed by atoms with Crippen molar-refractivity contribution < 1.29 is 13.9 Å². The summed E-state index contributed by atoms with van der Waals surface area (Å²) in [4.78, 5) is 0. The first-order valence-corrected chi connectivity index (χ1v) is 8.04. The maximum Gasteiger partial charge on any atom is 0.165 e. The van der Waals surface area contributed by atoms with E-state index in [1.165, 1.54) is 13.2 Å². The molecular weight excluding hydrogens is 317 g/mol. The Morgan fingerprint density at radius 2 is 1.72 bits per heavy atom. The van der Waals surface area contributed by atoms with Crippen LogP contribution in [-0.2, 0) is 6.61 Å². The van der Waals surface area contributed by atoms with Gasteiger partial charge in [-0.2, -0.15) is 0 Å². The number of hydrogen-bond donors (Lipinski definition) is 1. The Kier molecular flexibility index (Phi) is 5.19. The third-order valence-corrected chi connectivity index (χ3v) is 3.95. The summed E-state index contributed by atoms with van der Waals surface area (Å²) in [6.45, 7) is 2.50. The van der Waals surface area contributed by atoms with Gasteiger partial charge in [0.2, 0.25) is 0 Å². The number of benzene rings is 3. The van der Waals surface area contributed by atoms with E-state index in [1.807, 2.05) is 55.5 Å². The molecular formula is C21H20FNO2. The summed E-state index contributed by atoms with van der Waals surface area (Å²) in [5, 5.41) is 3.29. The van der Waals surface area contributed by atoms with E-state index in [-0.39, 0.29) is 11.6 Å². The summed E-state index contributed by atoms with van der Waals surface area (Å²) in [5.74, 6) is 0.631. The molecule has 0 saturated carbocycles. The minimum Gasteiger partial charge on any atom is -0.494 e. The second kappa shape index (κ2) is 7.71. The van der Waals surface area contributed by atoms with Crippen molar-refractivity contribution in [1.82, 2.24) is 0 Å². The Bertz CT molecular complexity index is 850. The predicted octanol–water partition coefficient (Wildman–Crippen LogP) is 5.47. The number of anilines is 2. The summed E-state index contributed by atoms with van der Waals surface area (Å²) >= 11 is 0. The zero-order valence-electron chi connectivity index (χ0n) is 14.3. The Labute approximate surface area is 147 Å². The Morgan fingerprint density at radius 1 is 0.920 bits per heavy atom. The molecule has 0 aliphatic rings. The highest BCUT2D eigenvalue weighted by molar-refractivity contribution is 5.66. The molecule has 4 heteroatoms. The van der Waals surface area contributed by atoms with Gasteiger partial charge in [0, 0.05) is 23.0 Å². The van der Waals surface area contributed by atoms with Crippen LogP contribution in [0, 0.1) is 12.7 Å². The van der Waals surface area contributed by atoms with Crippen molar-refractivity contribution in [2.75, 3.05) is 12.4 Å². The molecule has 0 radical (unpaired) electrons. The summed E-state index contributed by atoms with van der Waals surface area (Å²) in [5.41, 5.74) is 3.76. The summed E-state index contributed by atoms with van der Waals surface area (Å²) < 4.78 is 24.5. The number of halogens is 1. The largest absolute Gasteiger partial charge is 0.494 e. The van der Waals surface area contributed by atoms with Gasteiger partial charge in [-0.25, -0.2) is 4.39 Å². The smallest absolute Gasteiger partial charge is 0.165 e. The second-order valence-electron chi connectivity index (χ2n) is 5.68. The SMILES string of the molecule is COc1cc(Nc2cccc(OCc3ccccc3)c2C)ccc1F. The van der Waals surface area contributed by atoms with Crippen molar-refractivity contribution in [3.05, 3.63) is 83.7 Å². The number of hydrogen-bond acceptors (Lipinski definition) is 3. The normalized spacial score (nSPS) is 10.4. The molecule has 128 valence electrons. The van der Waals surface area contributed by atoms with Gasteiger partial charge in [-0.1, -0.05) is 36.4 Å². The van der Waals surface area contributed by atoms with E-state index in [2.05, 4.69) is 5.32 Å². The zero-order chi connectivity index (χ0) is 17.6. The van der Waals surface area contributed by atoms with E-state index >= 15 is 0 Å². The molecule has 0 amide bonds. The van der Waals surface area contributed by atoms with Crippen molar-refractivity contribution in [1.29, 1.82) is 0 Å². The van der Waals surface area contributed by atoms with E-state index in [1.54, 1.807) is 12.1 Å². The minimum atomic E-state index is -0.385. The highest BCUT2D eigenvalue weighted by Gasteiger charge is 2.08. The molecule has 3 rings (SSSR count). The van der Waals surface area contributed by atoms with Gasteiger partial charge < -0.3 is 14.8 Å². The first kappa shape index (κ1) is 16.8. The lowest BCUT2D eigenvalue weighted by Gasteiger charge is -2.15. The van der Waals surface area contributed by atoms with E-state index in [0.29, 0.717) is 6.61 Å². The van der Waals surface area contributed by atoms with Gasteiger partial charge in [0.1, 0.15) is 12.4 Å². The van der Waals surface area contributed by atoms with Crippen LogP contribution in [0.4, 0.5) is 15.8 Å². The van der Waals surface area contributed by atoms with E-state index in [0.717, 1.165) is 28.3 Å². The average Bonchev–Trinajstić information content (AvgIpc) is 2.65. The van der Waals surface area contributed by atoms with Crippen molar-refractivity contribution in [2.45, 2.75) is 13.5 Å². The fourth-order valence-corrected chi connectivity index (χ4v) is 2.53. The van der Waals surface area contributed by atoms with Crippen LogP contribution in [0.2, 0.25) is 0 Å². The monoisotopic (exact) mass is 337 g/mol. The lowest BCUT2D eigenvalue weighted by molar-refractivity contribution is 0.304. The van der Waals surface area contributed by atoms with Crippen molar-refractivity contribution in [2.24, 2.45) is 0 Å². The Balaban J connectivity index is 1.76. The first-order valence-electron chi connectivity index (χ1n) is 8.04. The molecule has 25 heavy (non-hydrogen) atoms. The highest BCUT2D eigenvalue weighted by atomic mass is 19.1. The van der Waals surface area contributed by atoms with Crippen LogP contribution in [-0.4, -0.2) is 7.11 Å². The molecule has 3 aromatic rings. The molecule has 1 N–H and O–H groups in total. The van der Waals surface area contributed by atoms with Crippen LogP contribution >= 0.6 is 0 Å². The molecule has 0 atom stereocenters. The number of ether oxygens (including phenoxy) is 2. The van der Waals surface area contributed by atoms with Gasteiger partial charge in [-0.05, 0) is 36.8 Å². The summed E-state index contributed by atoms with van der Waals surface area (Å²) in [6, 6.07) is 20.5. The quantitative estimate of drug-likeness (QED) is 0.647. The van der Waals surface area contributed by atoms with Crippen LogP contribution in [0.25, 0.3) is 0 Å². The van der Waals surface area contributed by atoms with E-state index in [9.17, 15) is 4.39 Å². The molecule has 0 aliphatic heterocycles. The lowest BCUT2D eigenvalue weighted by atomic mass is 10.1. The molecule has 0 aromatic heterocycles. The van der Waals surface area contributed by atoms with Crippen LogP contribution < -0.4 is 14.8 Å². The number of nitrogens with one attached hydrogen (secondary N) is 1. The standard InChI is InChI=1S/C21H20FNO2/c1-15-19(23-17-11-12-18(22)21(13-17)24-2)9-6-10-20(15)25-14-16-7-4-3-5-8-16/h3-13,23H,14H2,1-2H3. The molecule has 0 fully saturated rings. The summed E-state index contributed by atoms with van der Waals surface area (Å²) in [6.07, 6.45) is 0. The Hall–Kier alpha value is -3.01. The molecule has 0 bridgehead atoms. The lowest BCUT2D eigenvalue weighted by Crippen LogP contribution is -2.00. The Morgan fingerprint density at radius 3 is 2.48 bits per heavy atom. The maximum absolute atomic E-state index is 13.5. The van der Waals surface area contributed by atoms with Crippen LogP contribution in [0.1, 0.15) is 11.1 Å². The van der Waals surface area contributed by atoms with E-state index < -0.39 is 0 Å². The second-order valence-corrected chi connectivity index (χ2v) is 5.68. The van der Waals surface area contributed by atoms with Crippen molar-refractivity contribution in [3.63, 3.8) is 0 Å². The highest BCUT2D eigenvalue weighted by Crippen LogP contribution is 2.30. The van der Waals surface area contributed by atoms with Gasteiger partial charge in [0.15, 0.2) is 11.6 Å². The van der Waals surface area contributed by atoms with Crippen LogP contribution in [0.3, 0.4) is 0 Å². The van der Waals surface area contributed by atoms with Gasteiger partial charge in [-0.3, -0.25) is 0 Å². The van der Waals surface area contributed by atoms with E-state index in [4.69, 9.17) is 9.47 Å². The average molecular weight is 337 g/mol. The minimum absolute atomic E-state index is 0.208. The summed E-state index contributed by atoms with van der Waals surface area (Å²) in [7, 11) is 1.45. The zero-order valence-corrected chi connectivity index (χ0v) is 14.3. The predicted molar refractivity (Wildman–Crippen MR) is 98.2 cm³/mol. The van der Waals surface area contributed by atoms with Crippen molar-refractivity contribution >= 4 is 11.4 Å². The number of rotatable bonds is 6. The fourth-order valence-electron chi connectivity index (χ4n) is 2.53. The number of methoxy groups -OCH3 is 1. The van der Waals surface area contributed by atoms with Gasteiger partial charge >= 0.3 is 0 Å². The third-order valence-electron chi connectivity index (χ3n) is 3.95. The van der Waals surface area contributed by atoms with Gasteiger partial charge in [0.25, 0.3) is 0 Å². The van der Waals surface area contributed by atoms with Gasteiger partial charge in [-0.15, -0.1) is 0 Å². The van der Waals surface area contributed by atoms with Crippen molar-refractivity contribution in [3.8, 4) is 11.5 Å². The molecule has 0 unspecified atom stereocenters. The topological polar surface area (TPSA) is 30.5 Å².